The van der Waals surface area contributed by atoms with Gasteiger partial charge in [-0.3, -0.25) is 4.79 Å². The molecular formula is C15H28N2O2. The molecule has 0 bridgehead atoms. The van der Waals surface area contributed by atoms with Gasteiger partial charge in [0.2, 0.25) is 6.41 Å². The average Bonchev–Trinajstić information content (AvgIpc) is 2.46. The smallest absolute Gasteiger partial charge is 0.209 e. The highest BCUT2D eigenvalue weighted by atomic mass is 16.5. The minimum Gasteiger partial charge on any atom is -0.378 e. The van der Waals surface area contributed by atoms with Gasteiger partial charge in [0.05, 0.1) is 6.10 Å². The van der Waals surface area contributed by atoms with Crippen LogP contribution >= 0.6 is 0 Å². The predicted molar refractivity (Wildman–Crippen MR) is 76.0 cm³/mol. The van der Waals surface area contributed by atoms with Gasteiger partial charge in [0.1, 0.15) is 0 Å². The van der Waals surface area contributed by atoms with E-state index in [9.17, 15) is 4.79 Å². The van der Waals surface area contributed by atoms with Gasteiger partial charge in [-0.1, -0.05) is 13.8 Å². The molecule has 2 rings (SSSR count). The van der Waals surface area contributed by atoms with Crippen LogP contribution in [-0.4, -0.2) is 49.7 Å². The Bertz CT molecular complexity index is 275. The Hall–Kier alpha value is -0.610. The largest absolute Gasteiger partial charge is 0.378 e. The normalized spacial score (nSPS) is 29.7. The molecule has 2 heterocycles. The molecule has 0 aromatic rings. The maximum atomic E-state index is 10.7. The van der Waals surface area contributed by atoms with E-state index in [-0.39, 0.29) is 0 Å². The standard InChI is InChI=1S/C15H28N2O2/c1-12(2)15-13(4-3-9-19-15)10-16-14-5-7-17(11-18)8-6-14/h11-16H,3-10H2,1-2H3/t13-,15+/m0/s1. The Labute approximate surface area is 116 Å². The molecule has 4 nitrogen and oxygen atoms in total. The quantitative estimate of drug-likeness (QED) is 0.771. The third-order valence-corrected chi connectivity index (χ3v) is 4.50. The van der Waals surface area contributed by atoms with Gasteiger partial charge in [0.15, 0.2) is 0 Å². The fraction of sp³-hybridized carbons (Fsp3) is 0.933. The van der Waals surface area contributed by atoms with Crippen molar-refractivity contribution in [3.05, 3.63) is 0 Å². The molecule has 110 valence electrons. The van der Waals surface area contributed by atoms with Crippen LogP contribution in [0.2, 0.25) is 0 Å². The average molecular weight is 268 g/mol. The third-order valence-electron chi connectivity index (χ3n) is 4.50. The number of ether oxygens (including phenoxy) is 1. The summed E-state index contributed by atoms with van der Waals surface area (Å²) < 4.78 is 5.93. The number of hydrogen-bond acceptors (Lipinski definition) is 3. The fourth-order valence-corrected chi connectivity index (χ4v) is 3.35. The molecule has 4 heteroatoms. The fourth-order valence-electron chi connectivity index (χ4n) is 3.35. The summed E-state index contributed by atoms with van der Waals surface area (Å²) in [5.74, 6) is 1.25. The highest BCUT2D eigenvalue weighted by Gasteiger charge is 2.29. The first-order valence-electron chi connectivity index (χ1n) is 7.75. The van der Waals surface area contributed by atoms with E-state index < -0.39 is 0 Å². The zero-order valence-corrected chi connectivity index (χ0v) is 12.3. The molecule has 2 atom stereocenters. The minimum atomic E-state index is 0.413. The molecule has 2 aliphatic rings. The zero-order valence-electron chi connectivity index (χ0n) is 12.3. The van der Waals surface area contributed by atoms with Crippen molar-refractivity contribution < 1.29 is 9.53 Å². The molecule has 1 N–H and O–H groups in total. The lowest BCUT2D eigenvalue weighted by molar-refractivity contribution is -0.119. The van der Waals surface area contributed by atoms with Gasteiger partial charge >= 0.3 is 0 Å². The summed E-state index contributed by atoms with van der Waals surface area (Å²) in [5, 5.41) is 3.70. The maximum absolute atomic E-state index is 10.7. The summed E-state index contributed by atoms with van der Waals surface area (Å²) in [5.41, 5.74) is 0. The summed E-state index contributed by atoms with van der Waals surface area (Å²) in [6, 6.07) is 0.575. The van der Waals surface area contributed by atoms with Crippen LogP contribution in [0.25, 0.3) is 0 Å². The van der Waals surface area contributed by atoms with Crippen molar-refractivity contribution in [3.8, 4) is 0 Å². The van der Waals surface area contributed by atoms with E-state index in [2.05, 4.69) is 19.2 Å². The molecule has 2 saturated heterocycles. The molecule has 0 aromatic carbocycles. The lowest BCUT2D eigenvalue weighted by Gasteiger charge is -2.36. The van der Waals surface area contributed by atoms with Crippen molar-refractivity contribution in [2.45, 2.75) is 51.7 Å². The van der Waals surface area contributed by atoms with Crippen LogP contribution in [0, 0.1) is 11.8 Å². The van der Waals surface area contributed by atoms with Gasteiger partial charge in [-0.15, -0.1) is 0 Å². The molecule has 19 heavy (non-hydrogen) atoms. The monoisotopic (exact) mass is 268 g/mol. The summed E-state index contributed by atoms with van der Waals surface area (Å²) in [6.07, 6.45) is 6.02. The van der Waals surface area contributed by atoms with Crippen LogP contribution in [0.3, 0.4) is 0 Å². The molecular weight excluding hydrogens is 240 g/mol. The topological polar surface area (TPSA) is 41.6 Å². The second kappa shape index (κ2) is 7.25. The SMILES string of the molecule is CC(C)[C@H]1OCCC[C@H]1CNC1CCN(C=O)CC1. The molecule has 1 amide bonds. The Morgan fingerprint density at radius 3 is 2.68 bits per heavy atom. The van der Waals surface area contributed by atoms with Crippen molar-refractivity contribution >= 4 is 6.41 Å². The molecule has 0 saturated carbocycles. The van der Waals surface area contributed by atoms with E-state index in [1.165, 1.54) is 12.8 Å². The number of rotatable bonds is 5. The van der Waals surface area contributed by atoms with Gasteiger partial charge in [0.25, 0.3) is 0 Å². The van der Waals surface area contributed by atoms with E-state index in [1.54, 1.807) is 0 Å². The second-order valence-corrected chi connectivity index (χ2v) is 6.31. The number of carbonyl (C=O) groups excluding carboxylic acids is 1. The second-order valence-electron chi connectivity index (χ2n) is 6.31. The summed E-state index contributed by atoms with van der Waals surface area (Å²) >= 11 is 0. The lowest BCUT2D eigenvalue weighted by Crippen LogP contribution is -2.46. The van der Waals surface area contributed by atoms with Crippen molar-refractivity contribution in [1.29, 1.82) is 0 Å². The van der Waals surface area contributed by atoms with Crippen LogP contribution in [0.1, 0.15) is 39.5 Å². The number of nitrogens with one attached hydrogen (secondary N) is 1. The number of hydrogen-bond donors (Lipinski definition) is 1. The molecule has 0 aliphatic carbocycles. The number of likely N-dealkylation sites (tertiary alicyclic amines) is 1. The molecule has 0 unspecified atom stereocenters. The predicted octanol–water partition coefficient (Wildman–Crippen LogP) is 1.65. The molecule has 0 radical (unpaired) electrons. The van der Waals surface area contributed by atoms with Gasteiger partial charge in [-0.2, -0.15) is 0 Å². The molecule has 2 aliphatic heterocycles. The summed E-state index contributed by atoms with van der Waals surface area (Å²) in [4.78, 5) is 12.6. The van der Waals surface area contributed by atoms with Gasteiger partial charge in [-0.05, 0) is 37.5 Å². The zero-order chi connectivity index (χ0) is 13.7. The van der Waals surface area contributed by atoms with Crippen molar-refractivity contribution in [2.24, 2.45) is 11.8 Å². The van der Waals surface area contributed by atoms with Crippen LogP contribution < -0.4 is 5.32 Å². The van der Waals surface area contributed by atoms with E-state index in [4.69, 9.17) is 4.74 Å². The first-order valence-corrected chi connectivity index (χ1v) is 7.75. The number of amides is 1. The summed E-state index contributed by atoms with van der Waals surface area (Å²) in [6.45, 7) is 8.30. The van der Waals surface area contributed by atoms with Crippen LogP contribution in [0.5, 0.6) is 0 Å². The van der Waals surface area contributed by atoms with E-state index >= 15 is 0 Å². The maximum Gasteiger partial charge on any atom is 0.209 e. The highest BCUT2D eigenvalue weighted by Crippen LogP contribution is 2.26. The van der Waals surface area contributed by atoms with E-state index in [1.807, 2.05) is 4.90 Å². The van der Waals surface area contributed by atoms with Crippen LogP contribution in [0.15, 0.2) is 0 Å². The van der Waals surface area contributed by atoms with Crippen molar-refractivity contribution in [3.63, 3.8) is 0 Å². The van der Waals surface area contributed by atoms with Gasteiger partial charge in [0, 0.05) is 32.3 Å². The first kappa shape index (κ1) is 14.8. The Kier molecular flexibility index (Phi) is 5.64. The lowest BCUT2D eigenvalue weighted by atomic mass is 9.87. The highest BCUT2D eigenvalue weighted by molar-refractivity contribution is 5.47. The Morgan fingerprint density at radius 1 is 1.32 bits per heavy atom. The molecule has 0 spiro atoms. The Morgan fingerprint density at radius 2 is 2.05 bits per heavy atom. The first-order chi connectivity index (χ1) is 9.20. The number of piperidine rings is 1. The van der Waals surface area contributed by atoms with E-state index in [0.29, 0.717) is 24.0 Å². The van der Waals surface area contributed by atoms with Crippen molar-refractivity contribution in [2.75, 3.05) is 26.2 Å². The third kappa shape index (κ3) is 4.18. The molecule has 2 fully saturated rings. The van der Waals surface area contributed by atoms with Crippen LogP contribution in [0.4, 0.5) is 0 Å². The molecule has 0 aromatic heterocycles. The summed E-state index contributed by atoms with van der Waals surface area (Å²) in [7, 11) is 0. The van der Waals surface area contributed by atoms with Crippen molar-refractivity contribution in [1.82, 2.24) is 10.2 Å². The van der Waals surface area contributed by atoms with Gasteiger partial charge in [-0.25, -0.2) is 0 Å². The van der Waals surface area contributed by atoms with Crippen LogP contribution in [-0.2, 0) is 9.53 Å². The van der Waals surface area contributed by atoms with E-state index in [0.717, 1.165) is 45.5 Å². The number of nitrogens with zero attached hydrogens (tertiary/aromatic N) is 1. The minimum absolute atomic E-state index is 0.413. The number of carbonyl (C=O) groups is 1. The Balaban J connectivity index is 1.73. The van der Waals surface area contributed by atoms with Gasteiger partial charge < -0.3 is 15.0 Å².